The molecule has 1 aromatic heterocycles. The minimum atomic E-state index is -3.76. The van der Waals surface area contributed by atoms with Crippen molar-refractivity contribution in [3.63, 3.8) is 0 Å². The number of aryl methyl sites for hydroxylation is 1. The van der Waals surface area contributed by atoms with Crippen LogP contribution in [0.2, 0.25) is 0 Å². The van der Waals surface area contributed by atoms with Crippen LogP contribution in [0.15, 0.2) is 53.4 Å². The molecule has 0 spiro atoms. The lowest BCUT2D eigenvalue weighted by Gasteiger charge is -2.13. The third-order valence-electron chi connectivity index (χ3n) is 5.13. The van der Waals surface area contributed by atoms with Crippen LogP contribution in [0, 0.1) is 6.92 Å². The lowest BCUT2D eigenvalue weighted by molar-refractivity contribution is -0.139. The van der Waals surface area contributed by atoms with Crippen LogP contribution in [0.1, 0.15) is 27.2 Å². The second-order valence-corrected chi connectivity index (χ2v) is 8.98. The van der Waals surface area contributed by atoms with Crippen molar-refractivity contribution >= 4 is 38.9 Å². The number of para-hydroxylation sites is 1. The number of nitrogens with zero attached hydrogens (tertiary/aromatic N) is 1. The molecule has 3 rings (SSSR count). The SMILES string of the molecule is CNS(=O)(=O)c1cc(/C=C/C(=O)OCc2nc3ccccc3c(C)c2C(=O)OC)ccc1OC. The fourth-order valence-electron chi connectivity index (χ4n) is 3.39. The molecule has 0 radical (unpaired) electrons. The fraction of sp³-hybridized carbons (Fsp3) is 0.208. The molecule has 34 heavy (non-hydrogen) atoms. The molecule has 0 bridgehead atoms. The maximum absolute atomic E-state index is 12.4. The third kappa shape index (κ3) is 5.24. The summed E-state index contributed by atoms with van der Waals surface area (Å²) in [4.78, 5) is 29.1. The molecule has 9 nitrogen and oxygen atoms in total. The van der Waals surface area contributed by atoms with E-state index in [0.29, 0.717) is 16.6 Å². The molecular formula is C24H24N2O7S. The lowest BCUT2D eigenvalue weighted by atomic mass is 10.0. The number of carbonyl (C=O) groups excluding carboxylic acids is 2. The van der Waals surface area contributed by atoms with E-state index >= 15 is 0 Å². The second-order valence-electron chi connectivity index (χ2n) is 7.13. The average Bonchev–Trinajstić information content (AvgIpc) is 2.85. The molecule has 0 saturated carbocycles. The van der Waals surface area contributed by atoms with Crippen molar-refractivity contribution < 1.29 is 32.2 Å². The summed E-state index contributed by atoms with van der Waals surface area (Å²) in [5.74, 6) is -1.10. The summed E-state index contributed by atoms with van der Waals surface area (Å²) in [6.45, 7) is 1.53. The van der Waals surface area contributed by atoms with Crippen LogP contribution in [0.5, 0.6) is 5.75 Å². The molecule has 0 fully saturated rings. The molecule has 0 unspecified atom stereocenters. The molecule has 1 heterocycles. The maximum atomic E-state index is 12.4. The Labute approximate surface area is 197 Å². The first-order valence-electron chi connectivity index (χ1n) is 10.1. The van der Waals surface area contributed by atoms with E-state index in [0.717, 1.165) is 11.5 Å². The van der Waals surface area contributed by atoms with Crippen molar-refractivity contribution in [2.75, 3.05) is 21.3 Å². The Morgan fingerprint density at radius 3 is 2.53 bits per heavy atom. The van der Waals surface area contributed by atoms with Crippen molar-refractivity contribution in [1.29, 1.82) is 0 Å². The number of aromatic nitrogens is 1. The van der Waals surface area contributed by atoms with E-state index in [1.165, 1.54) is 39.5 Å². The highest BCUT2D eigenvalue weighted by atomic mass is 32.2. The van der Waals surface area contributed by atoms with Gasteiger partial charge >= 0.3 is 11.9 Å². The number of hydrogen-bond acceptors (Lipinski definition) is 8. The number of hydrogen-bond donors (Lipinski definition) is 1. The van der Waals surface area contributed by atoms with Gasteiger partial charge in [-0.15, -0.1) is 0 Å². The first-order chi connectivity index (χ1) is 16.2. The molecule has 0 saturated heterocycles. The molecule has 0 aliphatic rings. The van der Waals surface area contributed by atoms with Crippen LogP contribution in [0.3, 0.4) is 0 Å². The topological polar surface area (TPSA) is 121 Å². The zero-order valence-corrected chi connectivity index (χ0v) is 19.9. The van der Waals surface area contributed by atoms with Gasteiger partial charge in [-0.3, -0.25) is 0 Å². The van der Waals surface area contributed by atoms with E-state index in [-0.39, 0.29) is 28.5 Å². The number of carbonyl (C=O) groups is 2. The average molecular weight is 485 g/mol. The molecule has 0 aliphatic carbocycles. The van der Waals surface area contributed by atoms with Crippen molar-refractivity contribution in [3.8, 4) is 5.75 Å². The van der Waals surface area contributed by atoms with E-state index in [1.807, 2.05) is 18.2 Å². The lowest BCUT2D eigenvalue weighted by Crippen LogP contribution is -2.19. The van der Waals surface area contributed by atoms with Crippen molar-refractivity contribution in [2.45, 2.75) is 18.4 Å². The number of esters is 2. The number of sulfonamides is 1. The second kappa shape index (κ2) is 10.4. The van der Waals surface area contributed by atoms with Gasteiger partial charge in [0.25, 0.3) is 0 Å². The van der Waals surface area contributed by atoms with Gasteiger partial charge in [0.2, 0.25) is 10.0 Å². The summed E-state index contributed by atoms with van der Waals surface area (Å²) < 4.78 is 41.9. The Morgan fingerprint density at radius 1 is 1.12 bits per heavy atom. The fourth-order valence-corrected chi connectivity index (χ4v) is 4.31. The number of fused-ring (bicyclic) bond motifs is 1. The molecule has 0 atom stereocenters. The molecular weight excluding hydrogens is 460 g/mol. The largest absolute Gasteiger partial charge is 0.495 e. The summed E-state index contributed by atoms with van der Waals surface area (Å²) in [6, 6.07) is 11.8. The van der Waals surface area contributed by atoms with Crippen LogP contribution in [0.4, 0.5) is 0 Å². The number of methoxy groups -OCH3 is 2. The number of ether oxygens (including phenoxy) is 3. The van der Waals surface area contributed by atoms with E-state index in [1.54, 1.807) is 19.1 Å². The van der Waals surface area contributed by atoms with Gasteiger partial charge in [0, 0.05) is 11.5 Å². The molecule has 178 valence electrons. The maximum Gasteiger partial charge on any atom is 0.340 e. The third-order valence-corrected chi connectivity index (χ3v) is 6.56. The van der Waals surface area contributed by atoms with Crippen molar-refractivity contribution in [1.82, 2.24) is 9.71 Å². The molecule has 3 aromatic rings. The first kappa shape index (κ1) is 24.9. The predicted molar refractivity (Wildman–Crippen MR) is 126 cm³/mol. The minimum absolute atomic E-state index is 0.0634. The van der Waals surface area contributed by atoms with Gasteiger partial charge in [-0.05, 0) is 49.4 Å². The van der Waals surface area contributed by atoms with Crippen LogP contribution in [-0.4, -0.2) is 46.6 Å². The minimum Gasteiger partial charge on any atom is -0.495 e. The molecule has 0 aliphatic heterocycles. The summed E-state index contributed by atoms with van der Waals surface area (Å²) >= 11 is 0. The Bertz CT molecular complexity index is 1380. The Kier molecular flexibility index (Phi) is 7.64. The summed E-state index contributed by atoms with van der Waals surface area (Å²) in [7, 11) is 0.162. The smallest absolute Gasteiger partial charge is 0.340 e. The standard InChI is InChI=1S/C24H24N2O7S/c1-15-17-7-5-6-8-18(17)26-19(23(15)24(28)32-4)14-33-22(27)12-10-16-9-11-20(31-3)21(13-16)34(29,30)25-2/h5-13,25H,14H2,1-4H3/b12-10+. The Morgan fingerprint density at radius 2 is 1.85 bits per heavy atom. The molecule has 1 N–H and O–H groups in total. The predicted octanol–water partition coefficient (Wildman–Crippen LogP) is 3.00. The molecule has 10 heteroatoms. The number of pyridine rings is 1. The highest BCUT2D eigenvalue weighted by Crippen LogP contribution is 2.26. The van der Waals surface area contributed by atoms with E-state index in [9.17, 15) is 18.0 Å². The van der Waals surface area contributed by atoms with Gasteiger partial charge in [0.05, 0.1) is 31.0 Å². The number of benzene rings is 2. The first-order valence-corrected chi connectivity index (χ1v) is 11.6. The molecule has 2 aromatic carbocycles. The van der Waals surface area contributed by atoms with Gasteiger partial charge in [0.1, 0.15) is 17.3 Å². The normalized spacial score (nSPS) is 11.5. The van der Waals surface area contributed by atoms with E-state index in [2.05, 4.69) is 9.71 Å². The van der Waals surface area contributed by atoms with Crippen LogP contribution < -0.4 is 9.46 Å². The summed E-state index contributed by atoms with van der Waals surface area (Å²) in [5.41, 5.74) is 2.30. The zero-order chi connectivity index (χ0) is 24.9. The van der Waals surface area contributed by atoms with Crippen LogP contribution in [0.25, 0.3) is 17.0 Å². The van der Waals surface area contributed by atoms with E-state index in [4.69, 9.17) is 14.2 Å². The van der Waals surface area contributed by atoms with Crippen LogP contribution >= 0.6 is 0 Å². The quantitative estimate of drug-likeness (QED) is 0.383. The van der Waals surface area contributed by atoms with Gasteiger partial charge in [-0.2, -0.15) is 0 Å². The van der Waals surface area contributed by atoms with Crippen LogP contribution in [-0.2, 0) is 30.9 Å². The Balaban J connectivity index is 1.83. The summed E-state index contributed by atoms with van der Waals surface area (Å²) in [6.07, 6.45) is 2.57. The molecule has 0 amide bonds. The highest BCUT2D eigenvalue weighted by molar-refractivity contribution is 7.89. The highest BCUT2D eigenvalue weighted by Gasteiger charge is 2.20. The van der Waals surface area contributed by atoms with Gasteiger partial charge in [-0.25, -0.2) is 27.7 Å². The zero-order valence-electron chi connectivity index (χ0n) is 19.1. The monoisotopic (exact) mass is 484 g/mol. The van der Waals surface area contributed by atoms with Gasteiger partial charge in [-0.1, -0.05) is 24.3 Å². The van der Waals surface area contributed by atoms with Gasteiger partial charge < -0.3 is 14.2 Å². The van der Waals surface area contributed by atoms with Crippen molar-refractivity contribution in [3.05, 3.63) is 70.9 Å². The summed E-state index contributed by atoms with van der Waals surface area (Å²) in [5, 5.41) is 0.796. The Hall–Kier alpha value is -3.76. The van der Waals surface area contributed by atoms with Gasteiger partial charge in [0.15, 0.2) is 0 Å². The number of rotatable bonds is 8. The van der Waals surface area contributed by atoms with Crippen molar-refractivity contribution in [2.24, 2.45) is 0 Å². The van der Waals surface area contributed by atoms with E-state index < -0.39 is 22.0 Å². The number of nitrogens with one attached hydrogen (secondary N) is 1.